The Kier molecular flexibility index (Phi) is 6.36. The smallest absolute Gasteiger partial charge is 0.237 e. The van der Waals surface area contributed by atoms with Gasteiger partial charge in [0.15, 0.2) is 5.82 Å². The molecule has 0 radical (unpaired) electrons. The van der Waals surface area contributed by atoms with Gasteiger partial charge in [-0.15, -0.1) is 10.2 Å². The molecule has 1 aromatic heterocycles. The zero-order valence-electron chi connectivity index (χ0n) is 16.0. The van der Waals surface area contributed by atoms with E-state index in [2.05, 4.69) is 15.5 Å². The molecule has 0 saturated heterocycles. The summed E-state index contributed by atoms with van der Waals surface area (Å²) < 4.78 is 6.80. The number of thioether (sulfide) groups is 1. The minimum atomic E-state index is -0.453. The lowest BCUT2D eigenvalue weighted by Crippen LogP contribution is -2.23. The van der Waals surface area contributed by atoms with Crippen LogP contribution in [0.2, 0.25) is 0 Å². The predicted octanol–water partition coefficient (Wildman–Crippen LogP) is 3.05. The standard InChI is InChI=1S/C20H20N6O2S/c1-3-28-17-10-6-15(7-11-17)18-24-25-20(26(18)22)29-13(2)19(27)23-16-8-4-14(12-21)5-9-16/h4-11,13H,3,22H2,1-2H3,(H,23,27)/t13-/m0/s1. The van der Waals surface area contributed by atoms with E-state index in [0.29, 0.717) is 28.8 Å². The first kappa shape index (κ1) is 20.2. The summed E-state index contributed by atoms with van der Waals surface area (Å²) in [4.78, 5) is 12.4. The van der Waals surface area contributed by atoms with Crippen molar-refractivity contribution >= 4 is 23.4 Å². The molecule has 0 aliphatic rings. The van der Waals surface area contributed by atoms with Gasteiger partial charge in [0.2, 0.25) is 11.1 Å². The van der Waals surface area contributed by atoms with Gasteiger partial charge in [-0.05, 0) is 62.4 Å². The van der Waals surface area contributed by atoms with Crippen LogP contribution in [0.5, 0.6) is 5.75 Å². The van der Waals surface area contributed by atoms with Crippen molar-refractivity contribution in [2.75, 3.05) is 17.8 Å². The first-order valence-electron chi connectivity index (χ1n) is 8.93. The van der Waals surface area contributed by atoms with Crippen molar-refractivity contribution in [2.45, 2.75) is 24.3 Å². The van der Waals surface area contributed by atoms with E-state index in [9.17, 15) is 4.79 Å². The quantitative estimate of drug-likeness (QED) is 0.455. The van der Waals surface area contributed by atoms with Gasteiger partial charge in [-0.1, -0.05) is 11.8 Å². The Balaban J connectivity index is 1.66. The Labute approximate surface area is 172 Å². The average Bonchev–Trinajstić information content (AvgIpc) is 3.09. The lowest BCUT2D eigenvalue weighted by molar-refractivity contribution is -0.115. The van der Waals surface area contributed by atoms with Gasteiger partial charge in [-0.25, -0.2) is 4.68 Å². The zero-order chi connectivity index (χ0) is 20.8. The van der Waals surface area contributed by atoms with Gasteiger partial charge in [-0.3, -0.25) is 4.79 Å². The van der Waals surface area contributed by atoms with Gasteiger partial charge in [0.05, 0.1) is 23.5 Å². The maximum absolute atomic E-state index is 12.4. The van der Waals surface area contributed by atoms with Crippen molar-refractivity contribution in [3.8, 4) is 23.2 Å². The molecule has 0 fully saturated rings. The number of carbonyl (C=O) groups is 1. The van der Waals surface area contributed by atoms with Gasteiger partial charge in [0.25, 0.3) is 0 Å². The van der Waals surface area contributed by atoms with Crippen molar-refractivity contribution in [1.29, 1.82) is 5.26 Å². The Morgan fingerprint density at radius 2 is 1.93 bits per heavy atom. The molecule has 0 saturated carbocycles. The number of rotatable bonds is 7. The molecule has 3 aromatic rings. The number of carbonyl (C=O) groups excluding carboxylic acids is 1. The second-order valence-corrected chi connectivity index (χ2v) is 7.38. The highest BCUT2D eigenvalue weighted by molar-refractivity contribution is 8.00. The molecule has 29 heavy (non-hydrogen) atoms. The van der Waals surface area contributed by atoms with Crippen LogP contribution in [0, 0.1) is 11.3 Å². The van der Waals surface area contributed by atoms with Crippen LogP contribution in [0.1, 0.15) is 19.4 Å². The van der Waals surface area contributed by atoms with Gasteiger partial charge in [-0.2, -0.15) is 5.26 Å². The predicted molar refractivity (Wildman–Crippen MR) is 112 cm³/mol. The monoisotopic (exact) mass is 408 g/mol. The maximum Gasteiger partial charge on any atom is 0.237 e. The molecular formula is C20H20N6O2S. The summed E-state index contributed by atoms with van der Waals surface area (Å²) in [6.07, 6.45) is 0. The van der Waals surface area contributed by atoms with E-state index >= 15 is 0 Å². The highest BCUT2D eigenvalue weighted by Gasteiger charge is 2.20. The molecule has 3 rings (SSSR count). The number of nitrogens with two attached hydrogens (primary N) is 1. The highest BCUT2D eigenvalue weighted by atomic mass is 32.2. The van der Waals surface area contributed by atoms with Gasteiger partial charge >= 0.3 is 0 Å². The highest BCUT2D eigenvalue weighted by Crippen LogP contribution is 2.26. The van der Waals surface area contributed by atoms with Crippen LogP contribution < -0.4 is 15.9 Å². The lowest BCUT2D eigenvalue weighted by Gasteiger charge is -2.11. The molecule has 148 valence electrons. The summed E-state index contributed by atoms with van der Waals surface area (Å²) in [6, 6.07) is 16.1. The normalized spacial score (nSPS) is 11.5. The molecule has 0 aliphatic carbocycles. The van der Waals surface area contributed by atoms with Gasteiger partial charge in [0, 0.05) is 11.3 Å². The summed E-state index contributed by atoms with van der Waals surface area (Å²) >= 11 is 1.21. The number of amides is 1. The molecular weight excluding hydrogens is 388 g/mol. The van der Waals surface area contributed by atoms with E-state index in [1.54, 1.807) is 31.2 Å². The first-order chi connectivity index (χ1) is 14.0. The Hall–Kier alpha value is -3.51. The number of nitriles is 1. The largest absolute Gasteiger partial charge is 0.494 e. The number of hydrogen-bond donors (Lipinski definition) is 2. The molecule has 0 bridgehead atoms. The van der Waals surface area contributed by atoms with E-state index in [1.807, 2.05) is 37.3 Å². The lowest BCUT2D eigenvalue weighted by atomic mass is 10.2. The average molecular weight is 408 g/mol. The summed E-state index contributed by atoms with van der Waals surface area (Å²) in [5.41, 5.74) is 1.94. The number of anilines is 1. The Morgan fingerprint density at radius 3 is 2.55 bits per heavy atom. The van der Waals surface area contributed by atoms with E-state index < -0.39 is 5.25 Å². The molecule has 9 heteroatoms. The molecule has 0 spiro atoms. The van der Waals surface area contributed by atoms with E-state index in [1.165, 1.54) is 16.4 Å². The fourth-order valence-corrected chi connectivity index (χ4v) is 3.27. The summed E-state index contributed by atoms with van der Waals surface area (Å²) in [5.74, 6) is 7.20. The number of benzene rings is 2. The Bertz CT molecular complexity index is 1020. The maximum atomic E-state index is 12.4. The van der Waals surface area contributed by atoms with Crippen molar-refractivity contribution < 1.29 is 9.53 Å². The number of aromatic nitrogens is 3. The van der Waals surface area contributed by atoms with Crippen LogP contribution in [0.4, 0.5) is 5.69 Å². The number of nitrogens with one attached hydrogen (secondary N) is 1. The van der Waals surface area contributed by atoms with Crippen LogP contribution in [0.3, 0.4) is 0 Å². The van der Waals surface area contributed by atoms with Crippen molar-refractivity contribution in [1.82, 2.24) is 14.9 Å². The molecule has 1 amide bonds. The Morgan fingerprint density at radius 1 is 1.24 bits per heavy atom. The third-order valence-electron chi connectivity index (χ3n) is 4.02. The first-order valence-corrected chi connectivity index (χ1v) is 9.81. The molecule has 1 heterocycles. The van der Waals surface area contributed by atoms with Gasteiger partial charge in [0.1, 0.15) is 5.75 Å². The third kappa shape index (κ3) is 4.86. The van der Waals surface area contributed by atoms with Crippen LogP contribution in [-0.4, -0.2) is 32.6 Å². The van der Waals surface area contributed by atoms with Crippen LogP contribution in [0.25, 0.3) is 11.4 Å². The van der Waals surface area contributed by atoms with E-state index in [4.69, 9.17) is 15.8 Å². The molecule has 3 N–H and O–H groups in total. The van der Waals surface area contributed by atoms with E-state index in [-0.39, 0.29) is 5.91 Å². The number of nitrogens with zero attached hydrogens (tertiary/aromatic N) is 4. The second kappa shape index (κ2) is 9.12. The number of ether oxygens (including phenoxy) is 1. The second-order valence-electron chi connectivity index (χ2n) is 6.07. The molecule has 2 aromatic carbocycles. The van der Waals surface area contributed by atoms with Gasteiger partial charge < -0.3 is 15.9 Å². The third-order valence-corrected chi connectivity index (χ3v) is 5.08. The fraction of sp³-hybridized carbons (Fsp3) is 0.200. The van der Waals surface area contributed by atoms with E-state index in [0.717, 1.165) is 11.3 Å². The summed E-state index contributed by atoms with van der Waals surface area (Å²) in [7, 11) is 0. The molecule has 0 aliphatic heterocycles. The minimum absolute atomic E-state index is 0.203. The number of nitrogen functional groups attached to an aromatic ring is 1. The molecule has 1 atom stereocenters. The van der Waals surface area contributed by atoms with Crippen molar-refractivity contribution in [3.05, 3.63) is 54.1 Å². The van der Waals surface area contributed by atoms with Crippen molar-refractivity contribution in [2.24, 2.45) is 0 Å². The van der Waals surface area contributed by atoms with Crippen molar-refractivity contribution in [3.63, 3.8) is 0 Å². The summed E-state index contributed by atoms with van der Waals surface area (Å²) in [5, 5.41) is 19.9. The topological polar surface area (TPSA) is 119 Å². The SMILES string of the molecule is CCOc1ccc(-c2nnc(S[C@@H](C)C(=O)Nc3ccc(C#N)cc3)n2N)cc1. The minimum Gasteiger partial charge on any atom is -0.494 e. The molecule has 0 unspecified atom stereocenters. The van der Waals surface area contributed by atoms with Crippen LogP contribution >= 0.6 is 11.8 Å². The molecule has 8 nitrogen and oxygen atoms in total. The fourth-order valence-electron chi connectivity index (χ4n) is 2.50. The van der Waals surface area contributed by atoms with Crippen LogP contribution in [-0.2, 0) is 4.79 Å². The summed E-state index contributed by atoms with van der Waals surface area (Å²) in [6.45, 7) is 4.27. The zero-order valence-corrected chi connectivity index (χ0v) is 16.8. The van der Waals surface area contributed by atoms with Crippen LogP contribution in [0.15, 0.2) is 53.7 Å². The number of hydrogen-bond acceptors (Lipinski definition) is 7.